The van der Waals surface area contributed by atoms with Gasteiger partial charge in [-0.1, -0.05) is 12.1 Å². The van der Waals surface area contributed by atoms with Crippen LogP contribution in [0, 0.1) is 11.3 Å². The van der Waals surface area contributed by atoms with Gasteiger partial charge in [-0.05, 0) is 39.0 Å². The summed E-state index contributed by atoms with van der Waals surface area (Å²) in [7, 11) is 0. The second kappa shape index (κ2) is 3.95. The van der Waals surface area contributed by atoms with Crippen molar-refractivity contribution >= 4 is 27.3 Å². The van der Waals surface area contributed by atoms with Gasteiger partial charge in [0.2, 0.25) is 0 Å². The smallest absolute Gasteiger partial charge is 0.0991 e. The summed E-state index contributed by atoms with van der Waals surface area (Å²) in [6.07, 6.45) is 0. The van der Waals surface area contributed by atoms with Crippen LogP contribution >= 0.6 is 27.3 Å². The molecule has 1 nitrogen and oxygen atoms in total. The topological polar surface area (TPSA) is 23.8 Å². The van der Waals surface area contributed by atoms with E-state index in [1.165, 1.54) is 5.56 Å². The van der Waals surface area contributed by atoms with E-state index in [0.717, 1.165) is 10.0 Å². The lowest BCUT2D eigenvalue weighted by atomic mass is 10.1. The van der Waals surface area contributed by atoms with Crippen LogP contribution in [0.5, 0.6) is 0 Å². The van der Waals surface area contributed by atoms with Crippen LogP contribution in [0.1, 0.15) is 5.56 Å². The molecule has 0 radical (unpaired) electrons. The summed E-state index contributed by atoms with van der Waals surface area (Å²) in [5.41, 5.74) is 3.01. The van der Waals surface area contributed by atoms with Crippen molar-refractivity contribution < 1.29 is 0 Å². The molecule has 2 rings (SSSR count). The number of hydrogen-bond acceptors (Lipinski definition) is 2. The SMILES string of the molecule is N#Cc1ccc(-c2cscc2Br)cc1. The zero-order valence-corrected chi connectivity index (χ0v) is 9.60. The molecule has 0 fully saturated rings. The third-order valence-corrected chi connectivity index (χ3v) is 3.64. The molecular weight excluding hydrogens is 258 g/mol. The third kappa shape index (κ3) is 1.72. The van der Waals surface area contributed by atoms with Crippen molar-refractivity contribution in [1.29, 1.82) is 5.26 Å². The van der Waals surface area contributed by atoms with E-state index in [2.05, 4.69) is 27.4 Å². The molecule has 0 atom stereocenters. The van der Waals surface area contributed by atoms with E-state index in [1.54, 1.807) is 11.3 Å². The highest BCUT2D eigenvalue weighted by molar-refractivity contribution is 9.10. The minimum atomic E-state index is 0.695. The van der Waals surface area contributed by atoms with E-state index in [0.29, 0.717) is 5.56 Å². The van der Waals surface area contributed by atoms with Crippen LogP contribution in [0.2, 0.25) is 0 Å². The summed E-state index contributed by atoms with van der Waals surface area (Å²) in [5, 5.41) is 12.8. The van der Waals surface area contributed by atoms with Crippen molar-refractivity contribution in [3.05, 3.63) is 45.1 Å². The maximum absolute atomic E-state index is 8.66. The highest BCUT2D eigenvalue weighted by Crippen LogP contribution is 2.31. The predicted molar refractivity (Wildman–Crippen MR) is 62.2 cm³/mol. The molecule has 0 saturated heterocycles. The second-order valence-corrected chi connectivity index (χ2v) is 4.42. The molecule has 0 aliphatic heterocycles. The van der Waals surface area contributed by atoms with E-state index in [-0.39, 0.29) is 0 Å². The normalized spacial score (nSPS) is 9.71. The fraction of sp³-hybridized carbons (Fsp3) is 0. The van der Waals surface area contributed by atoms with E-state index < -0.39 is 0 Å². The molecule has 2 aromatic rings. The molecule has 3 heteroatoms. The molecule has 0 spiro atoms. The molecule has 0 bridgehead atoms. The van der Waals surface area contributed by atoms with Gasteiger partial charge in [0.25, 0.3) is 0 Å². The van der Waals surface area contributed by atoms with E-state index >= 15 is 0 Å². The van der Waals surface area contributed by atoms with Gasteiger partial charge >= 0.3 is 0 Å². The minimum Gasteiger partial charge on any atom is -0.192 e. The van der Waals surface area contributed by atoms with Crippen LogP contribution in [-0.2, 0) is 0 Å². The lowest BCUT2D eigenvalue weighted by molar-refractivity contribution is 1.48. The number of thiophene rings is 1. The summed E-state index contributed by atoms with van der Waals surface area (Å²) >= 11 is 5.14. The fourth-order valence-electron chi connectivity index (χ4n) is 1.21. The zero-order valence-electron chi connectivity index (χ0n) is 7.20. The zero-order chi connectivity index (χ0) is 9.97. The largest absolute Gasteiger partial charge is 0.192 e. The Bertz CT molecular complexity index is 479. The first-order chi connectivity index (χ1) is 6.81. The van der Waals surface area contributed by atoms with E-state index in [4.69, 9.17) is 5.26 Å². The van der Waals surface area contributed by atoms with Gasteiger partial charge in [-0.2, -0.15) is 16.6 Å². The summed E-state index contributed by atoms with van der Waals surface area (Å²) in [4.78, 5) is 0. The van der Waals surface area contributed by atoms with Crippen LogP contribution in [-0.4, -0.2) is 0 Å². The molecule has 0 unspecified atom stereocenters. The average molecular weight is 264 g/mol. The summed E-state index contributed by atoms with van der Waals surface area (Å²) < 4.78 is 1.10. The third-order valence-electron chi connectivity index (χ3n) is 1.94. The van der Waals surface area contributed by atoms with Gasteiger partial charge in [-0.15, -0.1) is 0 Å². The second-order valence-electron chi connectivity index (χ2n) is 2.82. The molecule has 0 N–H and O–H groups in total. The highest BCUT2D eigenvalue weighted by Gasteiger charge is 2.03. The Morgan fingerprint density at radius 3 is 2.36 bits per heavy atom. The first-order valence-corrected chi connectivity index (χ1v) is 5.77. The molecule has 68 valence electrons. The lowest BCUT2D eigenvalue weighted by Gasteiger charge is -1.98. The molecule has 1 aromatic heterocycles. The van der Waals surface area contributed by atoms with Crippen molar-refractivity contribution in [2.24, 2.45) is 0 Å². The highest BCUT2D eigenvalue weighted by atomic mass is 79.9. The quantitative estimate of drug-likeness (QED) is 0.762. The average Bonchev–Trinajstić information content (AvgIpc) is 2.65. The van der Waals surface area contributed by atoms with Gasteiger partial charge in [0.05, 0.1) is 11.6 Å². The summed E-state index contributed by atoms with van der Waals surface area (Å²) in [6, 6.07) is 9.70. The molecule has 0 aliphatic rings. The van der Waals surface area contributed by atoms with Crippen molar-refractivity contribution in [1.82, 2.24) is 0 Å². The van der Waals surface area contributed by atoms with E-state index in [9.17, 15) is 0 Å². The Labute approximate surface area is 94.8 Å². The molecule has 1 aromatic carbocycles. The van der Waals surface area contributed by atoms with E-state index in [1.807, 2.05) is 29.6 Å². The fourth-order valence-corrected chi connectivity index (χ4v) is 2.74. The first-order valence-electron chi connectivity index (χ1n) is 4.03. The first kappa shape index (κ1) is 9.45. The van der Waals surface area contributed by atoms with Crippen molar-refractivity contribution in [2.45, 2.75) is 0 Å². The maximum Gasteiger partial charge on any atom is 0.0991 e. The standard InChI is InChI=1S/C11H6BrNS/c12-11-7-14-6-10(11)9-3-1-8(5-13)2-4-9/h1-4,6-7H. The van der Waals surface area contributed by atoms with Crippen LogP contribution in [0.25, 0.3) is 11.1 Å². The monoisotopic (exact) mass is 263 g/mol. The number of nitrogens with zero attached hydrogens (tertiary/aromatic N) is 1. The van der Waals surface area contributed by atoms with Gasteiger partial charge in [0, 0.05) is 15.4 Å². The Kier molecular flexibility index (Phi) is 2.67. The van der Waals surface area contributed by atoms with Crippen LogP contribution in [0.4, 0.5) is 0 Å². The summed E-state index contributed by atoms with van der Waals surface area (Å²) in [5.74, 6) is 0. The van der Waals surface area contributed by atoms with Gasteiger partial charge < -0.3 is 0 Å². The van der Waals surface area contributed by atoms with Crippen molar-refractivity contribution in [3.63, 3.8) is 0 Å². The Hall–Kier alpha value is -1.11. The number of benzene rings is 1. The molecule has 1 heterocycles. The Morgan fingerprint density at radius 1 is 1.14 bits per heavy atom. The predicted octanol–water partition coefficient (Wildman–Crippen LogP) is 4.05. The van der Waals surface area contributed by atoms with Gasteiger partial charge in [-0.25, -0.2) is 0 Å². The van der Waals surface area contributed by atoms with Crippen molar-refractivity contribution in [3.8, 4) is 17.2 Å². The lowest BCUT2D eigenvalue weighted by Crippen LogP contribution is -1.76. The number of nitriles is 1. The van der Waals surface area contributed by atoms with Crippen LogP contribution in [0.3, 0.4) is 0 Å². The number of rotatable bonds is 1. The van der Waals surface area contributed by atoms with Gasteiger partial charge in [-0.3, -0.25) is 0 Å². The molecular formula is C11H6BrNS. The van der Waals surface area contributed by atoms with Crippen molar-refractivity contribution in [2.75, 3.05) is 0 Å². The number of halogens is 1. The maximum atomic E-state index is 8.66. The van der Waals surface area contributed by atoms with Crippen LogP contribution < -0.4 is 0 Å². The Balaban J connectivity index is 2.45. The molecule has 14 heavy (non-hydrogen) atoms. The molecule has 0 amide bonds. The van der Waals surface area contributed by atoms with Gasteiger partial charge in [0.1, 0.15) is 0 Å². The molecule has 0 aliphatic carbocycles. The molecule has 0 saturated carbocycles. The van der Waals surface area contributed by atoms with Crippen LogP contribution in [0.15, 0.2) is 39.5 Å². The Morgan fingerprint density at radius 2 is 1.86 bits per heavy atom. The van der Waals surface area contributed by atoms with Gasteiger partial charge in [0.15, 0.2) is 0 Å². The number of hydrogen-bond donors (Lipinski definition) is 0. The minimum absolute atomic E-state index is 0.695. The summed E-state index contributed by atoms with van der Waals surface area (Å²) in [6.45, 7) is 0.